The van der Waals surface area contributed by atoms with Crippen LogP contribution >= 0.6 is 0 Å². The maximum absolute atomic E-state index is 5.37. The van der Waals surface area contributed by atoms with Crippen molar-refractivity contribution in [1.29, 1.82) is 0 Å². The fourth-order valence-corrected chi connectivity index (χ4v) is 1.56. The van der Waals surface area contributed by atoms with Crippen LogP contribution in [0.25, 0.3) is 0 Å². The van der Waals surface area contributed by atoms with Crippen molar-refractivity contribution in [3.8, 4) is 0 Å². The highest BCUT2D eigenvalue weighted by molar-refractivity contribution is 5.79. The summed E-state index contributed by atoms with van der Waals surface area (Å²) in [6.45, 7) is 2.43. The van der Waals surface area contributed by atoms with Gasteiger partial charge in [0, 0.05) is 26.8 Å². The van der Waals surface area contributed by atoms with Crippen molar-refractivity contribution in [2.45, 2.75) is 32.1 Å². The van der Waals surface area contributed by atoms with Crippen molar-refractivity contribution in [3.63, 3.8) is 0 Å². The van der Waals surface area contributed by atoms with E-state index >= 15 is 0 Å². The number of nitrogens with one attached hydrogen (secondary N) is 2. The van der Waals surface area contributed by atoms with E-state index in [9.17, 15) is 0 Å². The van der Waals surface area contributed by atoms with E-state index in [1.165, 1.54) is 25.7 Å². The van der Waals surface area contributed by atoms with Gasteiger partial charge in [-0.15, -0.1) is 0 Å². The summed E-state index contributed by atoms with van der Waals surface area (Å²) in [4.78, 5) is 4.30. The van der Waals surface area contributed by atoms with Gasteiger partial charge in [0.25, 0.3) is 0 Å². The topological polar surface area (TPSA) is 71.7 Å². The van der Waals surface area contributed by atoms with Crippen molar-refractivity contribution < 1.29 is 4.74 Å². The predicted molar refractivity (Wildman–Crippen MR) is 66.1 cm³/mol. The summed E-state index contributed by atoms with van der Waals surface area (Å²) in [6.07, 6.45) is 6.30. The van der Waals surface area contributed by atoms with Crippen LogP contribution in [0.1, 0.15) is 32.1 Å². The third-order valence-electron chi connectivity index (χ3n) is 2.69. The minimum Gasteiger partial charge on any atom is -0.385 e. The van der Waals surface area contributed by atoms with E-state index in [0.29, 0.717) is 5.96 Å². The minimum atomic E-state index is 0.687. The first-order valence-electron chi connectivity index (χ1n) is 6.10. The number of guanidine groups is 1. The molecule has 1 rings (SSSR count). The average molecular weight is 228 g/mol. The summed E-state index contributed by atoms with van der Waals surface area (Å²) in [5.41, 5.74) is 2.58. The lowest BCUT2D eigenvalue weighted by atomic mass is 10.2. The average Bonchev–Trinajstić information content (AvgIpc) is 3.11. The van der Waals surface area contributed by atoms with Crippen LogP contribution < -0.4 is 16.6 Å². The van der Waals surface area contributed by atoms with E-state index in [0.717, 1.165) is 32.0 Å². The molecule has 1 saturated carbocycles. The van der Waals surface area contributed by atoms with Crippen LogP contribution in [-0.2, 0) is 4.74 Å². The molecule has 0 unspecified atom stereocenters. The molecule has 94 valence electrons. The second-order valence-corrected chi connectivity index (χ2v) is 4.23. The number of hydrogen-bond donors (Lipinski definition) is 3. The largest absolute Gasteiger partial charge is 0.385 e. The molecule has 4 N–H and O–H groups in total. The smallest absolute Gasteiger partial charge is 0.205 e. The van der Waals surface area contributed by atoms with Gasteiger partial charge in [0.05, 0.1) is 0 Å². The molecule has 0 spiro atoms. The van der Waals surface area contributed by atoms with E-state index in [-0.39, 0.29) is 0 Å². The van der Waals surface area contributed by atoms with E-state index in [2.05, 4.69) is 15.7 Å². The zero-order valence-corrected chi connectivity index (χ0v) is 10.2. The monoisotopic (exact) mass is 228 g/mol. The van der Waals surface area contributed by atoms with Gasteiger partial charge < -0.3 is 10.1 Å². The van der Waals surface area contributed by atoms with Crippen LogP contribution in [-0.4, -0.2) is 32.8 Å². The van der Waals surface area contributed by atoms with Gasteiger partial charge in [-0.2, -0.15) is 0 Å². The van der Waals surface area contributed by atoms with Gasteiger partial charge in [-0.3, -0.25) is 10.4 Å². The fraction of sp³-hybridized carbons (Fsp3) is 0.909. The van der Waals surface area contributed by atoms with Gasteiger partial charge in [0.1, 0.15) is 0 Å². The van der Waals surface area contributed by atoms with Crippen molar-refractivity contribution in [1.82, 2.24) is 10.7 Å². The summed E-state index contributed by atoms with van der Waals surface area (Å²) < 4.78 is 4.95. The standard InChI is InChI=1S/C11H24N4O/c1-16-9-3-8-14-11(15-12)13-7-2-4-10-5-6-10/h10H,2-9,12H2,1H3,(H2,13,14,15). The van der Waals surface area contributed by atoms with Gasteiger partial charge >= 0.3 is 0 Å². The molecule has 0 aliphatic heterocycles. The third kappa shape index (κ3) is 6.63. The molecule has 0 bridgehead atoms. The Morgan fingerprint density at radius 1 is 1.44 bits per heavy atom. The Bertz CT molecular complexity index is 204. The quantitative estimate of drug-likeness (QED) is 0.187. The number of ether oxygens (including phenoxy) is 1. The summed E-state index contributed by atoms with van der Waals surface area (Å²) in [7, 11) is 1.70. The van der Waals surface area contributed by atoms with Gasteiger partial charge in [-0.1, -0.05) is 12.8 Å². The Labute approximate surface area is 97.8 Å². The molecule has 1 aliphatic carbocycles. The molecule has 16 heavy (non-hydrogen) atoms. The van der Waals surface area contributed by atoms with Crippen LogP contribution in [0.5, 0.6) is 0 Å². The third-order valence-corrected chi connectivity index (χ3v) is 2.69. The maximum atomic E-state index is 5.37. The molecule has 1 aliphatic rings. The van der Waals surface area contributed by atoms with Crippen molar-refractivity contribution in [2.24, 2.45) is 16.8 Å². The number of aliphatic imine (C=N–C) groups is 1. The van der Waals surface area contributed by atoms with Crippen LogP contribution in [0.4, 0.5) is 0 Å². The molecule has 0 aromatic rings. The Morgan fingerprint density at radius 3 is 2.88 bits per heavy atom. The van der Waals surface area contributed by atoms with Gasteiger partial charge in [0.2, 0.25) is 5.96 Å². The molecule has 5 nitrogen and oxygen atoms in total. The molecular weight excluding hydrogens is 204 g/mol. The Kier molecular flexibility index (Phi) is 6.92. The van der Waals surface area contributed by atoms with Crippen molar-refractivity contribution in [3.05, 3.63) is 0 Å². The molecular formula is C11H24N4O. The van der Waals surface area contributed by atoms with Crippen LogP contribution in [0.15, 0.2) is 4.99 Å². The highest BCUT2D eigenvalue weighted by Crippen LogP contribution is 2.33. The Hall–Kier alpha value is -0.810. The molecule has 0 amide bonds. The molecule has 1 fully saturated rings. The summed E-state index contributed by atoms with van der Waals surface area (Å²) in [5.74, 6) is 7.05. The lowest BCUT2D eigenvalue weighted by Crippen LogP contribution is -2.42. The summed E-state index contributed by atoms with van der Waals surface area (Å²) in [5, 5.41) is 3.20. The van der Waals surface area contributed by atoms with E-state index in [1.54, 1.807) is 7.11 Å². The number of methoxy groups -OCH3 is 1. The molecule has 5 heteroatoms. The molecule has 0 aromatic heterocycles. The molecule has 0 aromatic carbocycles. The highest BCUT2D eigenvalue weighted by atomic mass is 16.5. The van der Waals surface area contributed by atoms with Crippen LogP contribution in [0.2, 0.25) is 0 Å². The molecule has 0 atom stereocenters. The molecule has 0 radical (unpaired) electrons. The normalized spacial score (nSPS) is 16.2. The number of nitrogens with zero attached hydrogens (tertiary/aromatic N) is 1. The van der Waals surface area contributed by atoms with Gasteiger partial charge in [0.15, 0.2) is 0 Å². The van der Waals surface area contributed by atoms with Crippen LogP contribution in [0.3, 0.4) is 0 Å². The number of nitrogens with two attached hydrogens (primary N) is 1. The first-order chi connectivity index (χ1) is 7.86. The van der Waals surface area contributed by atoms with Gasteiger partial charge in [-0.25, -0.2) is 5.84 Å². The van der Waals surface area contributed by atoms with E-state index in [1.807, 2.05) is 0 Å². The number of hydrogen-bond acceptors (Lipinski definition) is 3. The Morgan fingerprint density at radius 2 is 2.25 bits per heavy atom. The Balaban J connectivity index is 1.99. The lowest BCUT2D eigenvalue weighted by molar-refractivity contribution is 0.197. The highest BCUT2D eigenvalue weighted by Gasteiger charge is 2.19. The lowest BCUT2D eigenvalue weighted by Gasteiger charge is -2.08. The second kappa shape index (κ2) is 8.35. The summed E-state index contributed by atoms with van der Waals surface area (Å²) in [6, 6.07) is 0. The van der Waals surface area contributed by atoms with E-state index in [4.69, 9.17) is 10.6 Å². The van der Waals surface area contributed by atoms with E-state index < -0.39 is 0 Å². The SMILES string of the molecule is COCCCN=C(NN)NCCCC1CC1. The predicted octanol–water partition coefficient (Wildman–Crippen LogP) is 0.622. The zero-order chi connectivity index (χ0) is 11.6. The number of rotatable bonds is 8. The maximum Gasteiger partial charge on any atom is 0.205 e. The second-order valence-electron chi connectivity index (χ2n) is 4.23. The summed E-state index contributed by atoms with van der Waals surface area (Å²) >= 11 is 0. The van der Waals surface area contributed by atoms with Crippen molar-refractivity contribution in [2.75, 3.05) is 26.8 Å². The minimum absolute atomic E-state index is 0.687. The van der Waals surface area contributed by atoms with Crippen molar-refractivity contribution >= 4 is 5.96 Å². The number of hydrazine groups is 1. The molecule has 0 heterocycles. The molecule has 0 saturated heterocycles. The zero-order valence-electron chi connectivity index (χ0n) is 10.2. The van der Waals surface area contributed by atoms with Gasteiger partial charge in [-0.05, 0) is 25.2 Å². The van der Waals surface area contributed by atoms with Crippen LogP contribution in [0, 0.1) is 5.92 Å². The first kappa shape index (κ1) is 13.3. The first-order valence-corrected chi connectivity index (χ1v) is 6.10. The fourth-order valence-electron chi connectivity index (χ4n) is 1.56.